The number of nitriles is 1. The zero-order chi connectivity index (χ0) is 27.9. The van der Waals surface area contributed by atoms with E-state index in [1.165, 1.54) is 12.1 Å². The monoisotopic (exact) mass is 547 g/mol. The second-order valence-electron chi connectivity index (χ2n) is 10.7. The summed E-state index contributed by atoms with van der Waals surface area (Å²) in [5, 5.41) is 15.5. The Hall–Kier alpha value is -4.10. The number of rotatable bonds is 7. The summed E-state index contributed by atoms with van der Waals surface area (Å²) in [5.41, 5.74) is 0.862. The molecule has 40 heavy (non-hydrogen) atoms. The van der Waals surface area contributed by atoms with Crippen LogP contribution in [0.1, 0.15) is 42.4 Å². The lowest BCUT2D eigenvalue weighted by molar-refractivity contribution is -0.140. The molecule has 2 aromatic carbocycles. The van der Waals surface area contributed by atoms with E-state index < -0.39 is 54.4 Å². The molecule has 2 fully saturated rings. The average Bonchev–Trinajstić information content (AvgIpc) is 3.51. The Bertz CT molecular complexity index is 1470. The van der Waals surface area contributed by atoms with Gasteiger partial charge in [-0.25, -0.2) is 18.2 Å². The minimum absolute atomic E-state index is 0.367. The summed E-state index contributed by atoms with van der Waals surface area (Å²) in [7, 11) is 0. The van der Waals surface area contributed by atoms with Gasteiger partial charge in [-0.05, 0) is 54.3 Å². The van der Waals surface area contributed by atoms with Gasteiger partial charge in [0.2, 0.25) is 0 Å². The molecule has 2 N–H and O–H groups in total. The molecular formula is C30H28F3N5O2. The molecule has 7 nitrogen and oxygen atoms in total. The highest BCUT2D eigenvalue weighted by Gasteiger charge is 2.57. The van der Waals surface area contributed by atoms with Gasteiger partial charge in [-0.3, -0.25) is 4.79 Å². The van der Waals surface area contributed by atoms with Gasteiger partial charge in [0.15, 0.2) is 5.54 Å². The third-order valence-corrected chi connectivity index (χ3v) is 7.97. The first-order chi connectivity index (χ1) is 19.3. The van der Waals surface area contributed by atoms with Gasteiger partial charge < -0.3 is 20.3 Å². The minimum atomic E-state index is -2.81. The highest BCUT2D eigenvalue weighted by atomic mass is 19.3. The van der Waals surface area contributed by atoms with E-state index in [0.29, 0.717) is 42.0 Å². The number of aromatic nitrogens is 1. The SMILES string of the molecule is N#Cc1ccnc(N2CCC[C@H]2OC2Cc3ccccc3[C@@]2(Nc2cccc(F)c2)C(=O)NC2CC(F)(F)C2)c1. The van der Waals surface area contributed by atoms with Gasteiger partial charge in [-0.2, -0.15) is 5.26 Å². The van der Waals surface area contributed by atoms with Crippen LogP contribution in [0.3, 0.4) is 0 Å². The number of nitrogens with zero attached hydrogens (tertiary/aromatic N) is 3. The van der Waals surface area contributed by atoms with Crippen molar-refractivity contribution >= 4 is 17.4 Å². The maximum Gasteiger partial charge on any atom is 0.253 e. The zero-order valence-electron chi connectivity index (χ0n) is 21.6. The number of halogens is 3. The maximum absolute atomic E-state index is 14.3. The Labute approximate surface area is 230 Å². The summed E-state index contributed by atoms with van der Waals surface area (Å²) in [5.74, 6) is -3.18. The number of ether oxygens (including phenoxy) is 1. The molecule has 3 aromatic rings. The number of hydrogen-bond acceptors (Lipinski definition) is 6. The van der Waals surface area contributed by atoms with Crippen molar-refractivity contribution in [1.82, 2.24) is 10.3 Å². The van der Waals surface area contributed by atoms with Crippen molar-refractivity contribution in [2.75, 3.05) is 16.8 Å². The van der Waals surface area contributed by atoms with Gasteiger partial charge in [0.1, 0.15) is 24.0 Å². The number of pyridine rings is 1. The predicted molar refractivity (Wildman–Crippen MR) is 142 cm³/mol. The van der Waals surface area contributed by atoms with Crippen molar-refractivity contribution in [2.45, 2.75) is 61.9 Å². The minimum Gasteiger partial charge on any atom is -0.365 e. The van der Waals surface area contributed by atoms with Crippen molar-refractivity contribution < 1.29 is 22.7 Å². The van der Waals surface area contributed by atoms with E-state index in [9.17, 15) is 23.2 Å². The van der Waals surface area contributed by atoms with Gasteiger partial charge in [0, 0.05) is 43.7 Å². The Morgan fingerprint density at radius 3 is 2.73 bits per heavy atom. The first kappa shape index (κ1) is 26.1. The fourth-order valence-electron chi connectivity index (χ4n) is 6.06. The number of hydrogen-bond donors (Lipinski definition) is 2. The van der Waals surface area contributed by atoms with Crippen molar-refractivity contribution in [2.24, 2.45) is 0 Å². The van der Waals surface area contributed by atoms with Gasteiger partial charge in [-0.1, -0.05) is 30.3 Å². The molecule has 0 spiro atoms. The van der Waals surface area contributed by atoms with E-state index in [4.69, 9.17) is 4.74 Å². The number of carbonyl (C=O) groups excluding carboxylic acids is 1. The van der Waals surface area contributed by atoms with Crippen molar-refractivity contribution in [3.05, 3.63) is 89.4 Å². The Balaban J connectivity index is 1.38. The van der Waals surface area contributed by atoms with Gasteiger partial charge in [-0.15, -0.1) is 0 Å². The summed E-state index contributed by atoms with van der Waals surface area (Å²) in [4.78, 5) is 20.6. The molecule has 1 saturated heterocycles. The fourth-order valence-corrected chi connectivity index (χ4v) is 6.06. The highest BCUT2D eigenvalue weighted by Crippen LogP contribution is 2.45. The molecule has 10 heteroatoms. The lowest BCUT2D eigenvalue weighted by Crippen LogP contribution is -2.61. The standard InChI is InChI=1S/C30H28F3N5O2/c31-21-6-3-7-22(15-21)37-30(28(39)36-23-16-29(32,33)17-23)24-8-2-1-5-20(24)14-25(30)40-27-9-4-12-38(27)26-13-19(18-34)10-11-35-26/h1-3,5-8,10-11,13,15,23,25,27,37H,4,9,12,14,16-17H2,(H,36,39)/t25?,27-,30+/m1/s1. The smallest absolute Gasteiger partial charge is 0.253 e. The van der Waals surface area contributed by atoms with E-state index in [1.807, 2.05) is 29.2 Å². The molecule has 3 atom stereocenters. The van der Waals surface area contributed by atoms with Crippen LogP contribution < -0.4 is 15.5 Å². The number of alkyl halides is 2. The van der Waals surface area contributed by atoms with Gasteiger partial charge in [0.25, 0.3) is 11.8 Å². The molecule has 1 amide bonds. The van der Waals surface area contributed by atoms with E-state index in [1.54, 1.807) is 30.5 Å². The lowest BCUT2D eigenvalue weighted by atomic mass is 9.84. The fraction of sp³-hybridized carbons (Fsp3) is 0.367. The number of fused-ring (bicyclic) bond motifs is 1. The van der Waals surface area contributed by atoms with Crippen LogP contribution in [0, 0.1) is 17.1 Å². The Morgan fingerprint density at radius 2 is 1.95 bits per heavy atom. The number of amides is 1. The highest BCUT2D eigenvalue weighted by molar-refractivity contribution is 5.93. The average molecular weight is 548 g/mol. The molecule has 1 aliphatic heterocycles. The van der Waals surface area contributed by atoms with Crippen LogP contribution in [0.2, 0.25) is 0 Å². The molecule has 6 rings (SSSR count). The van der Waals surface area contributed by atoms with Crippen LogP contribution in [0.5, 0.6) is 0 Å². The molecule has 2 aliphatic carbocycles. The Kier molecular flexibility index (Phi) is 6.62. The summed E-state index contributed by atoms with van der Waals surface area (Å²) in [6, 6.07) is 18.0. The zero-order valence-corrected chi connectivity index (χ0v) is 21.6. The quantitative estimate of drug-likeness (QED) is 0.438. The number of nitrogens with one attached hydrogen (secondary N) is 2. The van der Waals surface area contributed by atoms with Crippen LogP contribution in [0.15, 0.2) is 66.9 Å². The van der Waals surface area contributed by atoms with Crippen LogP contribution >= 0.6 is 0 Å². The third-order valence-electron chi connectivity index (χ3n) is 7.97. The summed E-state index contributed by atoms with van der Waals surface area (Å²) >= 11 is 0. The van der Waals surface area contributed by atoms with E-state index in [2.05, 4.69) is 21.7 Å². The summed E-state index contributed by atoms with van der Waals surface area (Å²) in [6.45, 7) is 0.653. The topological polar surface area (TPSA) is 90.3 Å². The molecule has 1 unspecified atom stereocenters. The predicted octanol–water partition coefficient (Wildman–Crippen LogP) is 4.88. The van der Waals surface area contributed by atoms with Crippen LogP contribution in [0.25, 0.3) is 0 Å². The number of benzene rings is 2. The molecule has 3 aliphatic rings. The van der Waals surface area contributed by atoms with Crippen LogP contribution in [-0.4, -0.2) is 41.7 Å². The molecular weight excluding hydrogens is 519 g/mol. The van der Waals surface area contributed by atoms with E-state index >= 15 is 0 Å². The van der Waals surface area contributed by atoms with Gasteiger partial charge >= 0.3 is 0 Å². The molecule has 2 heterocycles. The maximum atomic E-state index is 14.3. The van der Waals surface area contributed by atoms with E-state index in [0.717, 1.165) is 12.0 Å². The largest absolute Gasteiger partial charge is 0.365 e. The normalized spacial score (nSPS) is 25.1. The first-order valence-corrected chi connectivity index (χ1v) is 13.4. The number of anilines is 2. The first-order valence-electron chi connectivity index (χ1n) is 13.4. The van der Waals surface area contributed by atoms with Crippen LogP contribution in [0.4, 0.5) is 24.7 Å². The Morgan fingerprint density at radius 1 is 1.12 bits per heavy atom. The van der Waals surface area contributed by atoms with Crippen molar-refractivity contribution in [3.63, 3.8) is 0 Å². The second-order valence-corrected chi connectivity index (χ2v) is 10.7. The molecule has 0 radical (unpaired) electrons. The van der Waals surface area contributed by atoms with Crippen molar-refractivity contribution in [3.8, 4) is 6.07 Å². The molecule has 1 aromatic heterocycles. The van der Waals surface area contributed by atoms with Gasteiger partial charge in [0.05, 0.1) is 11.6 Å². The lowest BCUT2D eigenvalue weighted by Gasteiger charge is -2.42. The third kappa shape index (κ3) is 4.75. The van der Waals surface area contributed by atoms with Crippen LogP contribution in [-0.2, 0) is 21.5 Å². The number of carbonyl (C=O) groups is 1. The molecule has 0 bridgehead atoms. The van der Waals surface area contributed by atoms with Crippen molar-refractivity contribution in [1.29, 1.82) is 5.26 Å². The van der Waals surface area contributed by atoms with E-state index in [-0.39, 0.29) is 0 Å². The summed E-state index contributed by atoms with van der Waals surface area (Å²) in [6.07, 6.45) is 1.37. The molecule has 206 valence electrons. The summed E-state index contributed by atoms with van der Waals surface area (Å²) < 4.78 is 48.4. The molecule has 1 saturated carbocycles. The second kappa shape index (κ2) is 10.1.